The number of ether oxygens (including phenoxy) is 1. The highest BCUT2D eigenvalue weighted by molar-refractivity contribution is 5.68. The number of hydrogen-bond donors (Lipinski definition) is 1. The summed E-state index contributed by atoms with van der Waals surface area (Å²) >= 11 is 0. The number of carbonyl (C=O) groups excluding carboxylic acids is 1. The average Bonchev–Trinajstić information content (AvgIpc) is 2.35. The van der Waals surface area contributed by atoms with E-state index in [1.54, 1.807) is 0 Å². The summed E-state index contributed by atoms with van der Waals surface area (Å²) in [4.78, 5) is 13.9. The largest absolute Gasteiger partial charge is 0.445 e. The Kier molecular flexibility index (Phi) is 4.80. The first-order valence-corrected chi connectivity index (χ1v) is 6.85. The Morgan fingerprint density at radius 3 is 2.58 bits per heavy atom. The molecule has 0 unspecified atom stereocenters. The molecule has 0 saturated carbocycles. The van der Waals surface area contributed by atoms with Crippen molar-refractivity contribution in [1.29, 1.82) is 0 Å². The van der Waals surface area contributed by atoms with Gasteiger partial charge in [0.2, 0.25) is 0 Å². The molecule has 2 rings (SSSR count). The summed E-state index contributed by atoms with van der Waals surface area (Å²) in [6, 6.07) is 9.94. The minimum absolute atomic E-state index is 0.170. The van der Waals surface area contributed by atoms with E-state index in [0.29, 0.717) is 12.5 Å². The molecular weight excluding hydrogens is 240 g/mol. The number of rotatable bonds is 5. The van der Waals surface area contributed by atoms with Crippen LogP contribution in [0.25, 0.3) is 0 Å². The van der Waals surface area contributed by atoms with Crippen LogP contribution < -0.4 is 5.32 Å². The van der Waals surface area contributed by atoms with E-state index in [-0.39, 0.29) is 12.1 Å². The first-order valence-electron chi connectivity index (χ1n) is 6.85. The van der Waals surface area contributed by atoms with E-state index >= 15 is 0 Å². The third kappa shape index (κ3) is 3.96. The Hall–Kier alpha value is -1.55. The zero-order valence-electron chi connectivity index (χ0n) is 11.6. The molecule has 0 atom stereocenters. The summed E-state index contributed by atoms with van der Waals surface area (Å²) in [6.07, 6.45) is -0.217. The second-order valence-electron chi connectivity index (χ2n) is 5.31. The van der Waals surface area contributed by atoms with Crippen LogP contribution in [0.15, 0.2) is 30.3 Å². The van der Waals surface area contributed by atoms with Crippen molar-refractivity contribution in [2.45, 2.75) is 26.5 Å². The summed E-state index contributed by atoms with van der Waals surface area (Å²) in [5.74, 6) is 0.562. The predicted molar refractivity (Wildman–Crippen MR) is 74.8 cm³/mol. The normalized spacial score (nSPS) is 15.1. The van der Waals surface area contributed by atoms with Gasteiger partial charge in [-0.2, -0.15) is 0 Å². The van der Waals surface area contributed by atoms with Gasteiger partial charge in [-0.05, 0) is 19.4 Å². The van der Waals surface area contributed by atoms with Crippen LogP contribution in [-0.2, 0) is 11.3 Å². The lowest BCUT2D eigenvalue weighted by Crippen LogP contribution is -2.51. The molecule has 1 aliphatic heterocycles. The van der Waals surface area contributed by atoms with Crippen molar-refractivity contribution in [3.05, 3.63) is 35.9 Å². The maximum Gasteiger partial charge on any atom is 0.410 e. The van der Waals surface area contributed by atoms with Gasteiger partial charge in [-0.25, -0.2) is 4.79 Å². The summed E-state index contributed by atoms with van der Waals surface area (Å²) in [5.41, 5.74) is 1.02. The van der Waals surface area contributed by atoms with Gasteiger partial charge in [-0.3, -0.25) is 0 Å². The molecule has 1 heterocycles. The number of carbonyl (C=O) groups is 1. The van der Waals surface area contributed by atoms with E-state index in [9.17, 15) is 4.79 Å². The number of benzene rings is 1. The Morgan fingerprint density at radius 1 is 1.37 bits per heavy atom. The van der Waals surface area contributed by atoms with Crippen LogP contribution in [-0.4, -0.2) is 36.7 Å². The Balaban J connectivity index is 1.84. The van der Waals surface area contributed by atoms with Gasteiger partial charge in [0.15, 0.2) is 0 Å². The number of hydrogen-bond acceptors (Lipinski definition) is 3. The Morgan fingerprint density at radius 2 is 2.05 bits per heavy atom. The smallest absolute Gasteiger partial charge is 0.410 e. The van der Waals surface area contributed by atoms with Crippen molar-refractivity contribution in [3.63, 3.8) is 0 Å². The maximum atomic E-state index is 12.1. The SMILES string of the molecule is CC(C)N(CC1CNC1)C(=O)OCc1ccccc1. The first-order chi connectivity index (χ1) is 9.16. The molecule has 1 aliphatic rings. The van der Waals surface area contributed by atoms with E-state index in [2.05, 4.69) is 5.32 Å². The van der Waals surface area contributed by atoms with Crippen LogP contribution in [0.5, 0.6) is 0 Å². The van der Waals surface area contributed by atoms with Gasteiger partial charge in [0.1, 0.15) is 6.61 Å². The van der Waals surface area contributed by atoms with Crippen molar-refractivity contribution < 1.29 is 9.53 Å². The van der Waals surface area contributed by atoms with Crippen molar-refractivity contribution in [2.24, 2.45) is 5.92 Å². The predicted octanol–water partition coefficient (Wildman–Crippen LogP) is 2.25. The van der Waals surface area contributed by atoms with Crippen LogP contribution in [0.1, 0.15) is 19.4 Å². The Labute approximate surface area is 114 Å². The van der Waals surface area contributed by atoms with E-state index in [1.807, 2.05) is 49.1 Å². The third-order valence-corrected chi connectivity index (χ3v) is 3.38. The van der Waals surface area contributed by atoms with Gasteiger partial charge in [0, 0.05) is 31.6 Å². The Bertz CT molecular complexity index is 402. The topological polar surface area (TPSA) is 41.6 Å². The molecule has 0 aliphatic carbocycles. The van der Waals surface area contributed by atoms with Crippen molar-refractivity contribution in [1.82, 2.24) is 10.2 Å². The molecule has 1 fully saturated rings. The van der Waals surface area contributed by atoms with Crippen LogP contribution >= 0.6 is 0 Å². The lowest BCUT2D eigenvalue weighted by Gasteiger charge is -2.34. The van der Waals surface area contributed by atoms with Crippen molar-refractivity contribution >= 4 is 6.09 Å². The van der Waals surface area contributed by atoms with Gasteiger partial charge >= 0.3 is 6.09 Å². The van der Waals surface area contributed by atoms with Gasteiger partial charge in [0.05, 0.1) is 0 Å². The fourth-order valence-electron chi connectivity index (χ4n) is 2.05. The molecule has 104 valence electrons. The first kappa shape index (κ1) is 13.9. The zero-order chi connectivity index (χ0) is 13.7. The second kappa shape index (κ2) is 6.57. The van der Waals surface area contributed by atoms with E-state index in [1.165, 1.54) is 0 Å². The van der Waals surface area contributed by atoms with E-state index in [4.69, 9.17) is 4.74 Å². The third-order valence-electron chi connectivity index (χ3n) is 3.38. The minimum Gasteiger partial charge on any atom is -0.445 e. The standard InChI is InChI=1S/C15H22N2O2/c1-12(2)17(10-14-8-16-9-14)15(18)19-11-13-6-4-3-5-7-13/h3-7,12,14,16H,8-11H2,1-2H3. The van der Waals surface area contributed by atoms with Crippen molar-refractivity contribution in [2.75, 3.05) is 19.6 Å². The van der Waals surface area contributed by atoms with E-state index < -0.39 is 0 Å². The van der Waals surface area contributed by atoms with E-state index in [0.717, 1.165) is 25.2 Å². The fourth-order valence-corrected chi connectivity index (χ4v) is 2.05. The molecule has 1 aromatic rings. The lowest BCUT2D eigenvalue weighted by atomic mass is 10.0. The molecule has 1 saturated heterocycles. The van der Waals surface area contributed by atoms with Gasteiger partial charge in [-0.1, -0.05) is 30.3 Å². The quantitative estimate of drug-likeness (QED) is 0.885. The molecule has 0 aromatic heterocycles. The number of amides is 1. The molecule has 4 heteroatoms. The molecule has 19 heavy (non-hydrogen) atoms. The van der Waals surface area contributed by atoms with Gasteiger partial charge < -0.3 is 15.0 Å². The molecule has 0 bridgehead atoms. The number of nitrogens with zero attached hydrogens (tertiary/aromatic N) is 1. The summed E-state index contributed by atoms with van der Waals surface area (Å²) in [6.45, 7) is 7.15. The molecule has 1 N–H and O–H groups in total. The van der Waals surface area contributed by atoms with Crippen molar-refractivity contribution in [3.8, 4) is 0 Å². The highest BCUT2D eigenvalue weighted by atomic mass is 16.6. The highest BCUT2D eigenvalue weighted by Gasteiger charge is 2.25. The molecule has 1 amide bonds. The molecular formula is C15H22N2O2. The second-order valence-corrected chi connectivity index (χ2v) is 5.31. The van der Waals surface area contributed by atoms with Crippen LogP contribution in [0.3, 0.4) is 0 Å². The molecule has 4 nitrogen and oxygen atoms in total. The zero-order valence-corrected chi connectivity index (χ0v) is 11.6. The minimum atomic E-state index is -0.217. The molecule has 1 aromatic carbocycles. The highest BCUT2D eigenvalue weighted by Crippen LogP contribution is 2.12. The monoisotopic (exact) mass is 262 g/mol. The average molecular weight is 262 g/mol. The molecule has 0 radical (unpaired) electrons. The summed E-state index contributed by atoms with van der Waals surface area (Å²) in [7, 11) is 0. The van der Waals surface area contributed by atoms with Crippen LogP contribution in [0.2, 0.25) is 0 Å². The fraction of sp³-hybridized carbons (Fsp3) is 0.533. The van der Waals surface area contributed by atoms with Gasteiger partial charge in [0.25, 0.3) is 0 Å². The van der Waals surface area contributed by atoms with Crippen LogP contribution in [0.4, 0.5) is 4.79 Å². The van der Waals surface area contributed by atoms with Crippen LogP contribution in [0, 0.1) is 5.92 Å². The lowest BCUT2D eigenvalue weighted by molar-refractivity contribution is 0.0742. The molecule has 0 spiro atoms. The summed E-state index contributed by atoms with van der Waals surface area (Å²) < 4.78 is 5.39. The number of nitrogens with one attached hydrogen (secondary N) is 1. The maximum absolute atomic E-state index is 12.1. The summed E-state index contributed by atoms with van der Waals surface area (Å²) in [5, 5.41) is 3.22. The van der Waals surface area contributed by atoms with Gasteiger partial charge in [-0.15, -0.1) is 0 Å².